The molecular weight excluding hydrogens is 325 g/mol. The van der Waals surface area contributed by atoms with E-state index in [0.29, 0.717) is 11.3 Å². The standard InChI is InChI=1S/C15H13BrFNO2/c1-9-6-11(16)2-4-13(9)18-14-5-3-12(17)7-10(14)8-15(19)20/h2-7,18H,8H2,1H3,(H,19,20). The fourth-order valence-corrected chi connectivity index (χ4v) is 2.38. The summed E-state index contributed by atoms with van der Waals surface area (Å²) < 4.78 is 14.2. The van der Waals surface area contributed by atoms with Crippen LogP contribution in [0.15, 0.2) is 40.9 Å². The zero-order valence-electron chi connectivity index (χ0n) is 10.8. The van der Waals surface area contributed by atoms with Gasteiger partial charge in [-0.25, -0.2) is 4.39 Å². The van der Waals surface area contributed by atoms with Crippen molar-refractivity contribution in [2.45, 2.75) is 13.3 Å². The van der Waals surface area contributed by atoms with Crippen molar-refractivity contribution in [3.63, 3.8) is 0 Å². The van der Waals surface area contributed by atoms with Crippen molar-refractivity contribution in [1.82, 2.24) is 0 Å². The zero-order valence-corrected chi connectivity index (χ0v) is 12.4. The molecule has 0 bridgehead atoms. The molecule has 0 fully saturated rings. The molecule has 5 heteroatoms. The second-order valence-electron chi connectivity index (χ2n) is 4.46. The molecule has 104 valence electrons. The van der Waals surface area contributed by atoms with Crippen molar-refractivity contribution >= 4 is 33.3 Å². The molecule has 0 aliphatic rings. The van der Waals surface area contributed by atoms with Crippen molar-refractivity contribution in [2.75, 3.05) is 5.32 Å². The van der Waals surface area contributed by atoms with Crippen molar-refractivity contribution in [1.29, 1.82) is 0 Å². The summed E-state index contributed by atoms with van der Waals surface area (Å²) in [5.74, 6) is -1.44. The second-order valence-corrected chi connectivity index (χ2v) is 5.37. The van der Waals surface area contributed by atoms with Crippen LogP contribution in [0.25, 0.3) is 0 Å². The molecule has 0 amide bonds. The Morgan fingerprint density at radius 1 is 1.25 bits per heavy atom. The van der Waals surface area contributed by atoms with E-state index >= 15 is 0 Å². The number of hydrogen-bond acceptors (Lipinski definition) is 2. The van der Waals surface area contributed by atoms with Crippen LogP contribution in [0, 0.1) is 12.7 Å². The first-order chi connectivity index (χ1) is 9.45. The molecule has 20 heavy (non-hydrogen) atoms. The Hall–Kier alpha value is -1.88. The lowest BCUT2D eigenvalue weighted by atomic mass is 10.1. The first-order valence-electron chi connectivity index (χ1n) is 5.99. The van der Waals surface area contributed by atoms with Gasteiger partial charge in [0, 0.05) is 15.8 Å². The van der Waals surface area contributed by atoms with Gasteiger partial charge in [0.2, 0.25) is 0 Å². The Morgan fingerprint density at radius 3 is 2.60 bits per heavy atom. The van der Waals surface area contributed by atoms with E-state index in [2.05, 4.69) is 21.2 Å². The Kier molecular flexibility index (Phi) is 4.39. The van der Waals surface area contributed by atoms with E-state index < -0.39 is 11.8 Å². The maximum atomic E-state index is 13.2. The first kappa shape index (κ1) is 14.5. The molecule has 0 aliphatic heterocycles. The first-order valence-corrected chi connectivity index (χ1v) is 6.78. The molecule has 0 heterocycles. The topological polar surface area (TPSA) is 49.3 Å². The molecule has 2 aromatic carbocycles. The summed E-state index contributed by atoms with van der Waals surface area (Å²) in [4.78, 5) is 10.8. The molecule has 0 unspecified atom stereocenters. The van der Waals surface area contributed by atoms with Crippen LogP contribution >= 0.6 is 15.9 Å². The number of aliphatic carboxylic acids is 1. The Labute approximate surface area is 124 Å². The molecule has 0 spiro atoms. The van der Waals surface area contributed by atoms with Crippen LogP contribution in [0.2, 0.25) is 0 Å². The van der Waals surface area contributed by atoms with Crippen molar-refractivity contribution in [2.24, 2.45) is 0 Å². The van der Waals surface area contributed by atoms with Crippen LogP contribution in [-0.2, 0) is 11.2 Å². The maximum Gasteiger partial charge on any atom is 0.307 e. The normalized spacial score (nSPS) is 10.3. The van der Waals surface area contributed by atoms with Gasteiger partial charge in [0.1, 0.15) is 5.82 Å². The predicted molar refractivity (Wildman–Crippen MR) is 79.9 cm³/mol. The number of halogens is 2. The fraction of sp³-hybridized carbons (Fsp3) is 0.133. The third kappa shape index (κ3) is 3.57. The van der Waals surface area contributed by atoms with Gasteiger partial charge in [0.05, 0.1) is 6.42 Å². The van der Waals surface area contributed by atoms with Gasteiger partial charge in [0.25, 0.3) is 0 Å². The number of carbonyl (C=O) groups is 1. The zero-order chi connectivity index (χ0) is 14.7. The monoisotopic (exact) mass is 337 g/mol. The number of hydrogen-bond donors (Lipinski definition) is 2. The molecular formula is C15H13BrFNO2. The van der Waals surface area contributed by atoms with Gasteiger partial charge in [0.15, 0.2) is 0 Å². The number of rotatable bonds is 4. The predicted octanol–water partition coefficient (Wildman–Crippen LogP) is 4.27. The molecule has 0 saturated heterocycles. The summed E-state index contributed by atoms with van der Waals surface area (Å²) in [6.45, 7) is 1.94. The van der Waals surface area contributed by atoms with Crippen LogP contribution in [0.5, 0.6) is 0 Å². The molecule has 0 atom stereocenters. The van der Waals surface area contributed by atoms with E-state index in [1.54, 1.807) is 6.07 Å². The Balaban J connectivity index is 2.35. The average molecular weight is 338 g/mol. The van der Waals surface area contributed by atoms with Crippen molar-refractivity contribution in [3.05, 3.63) is 57.8 Å². The third-order valence-electron chi connectivity index (χ3n) is 2.87. The number of aryl methyl sites for hydroxylation is 1. The van der Waals surface area contributed by atoms with Gasteiger partial charge >= 0.3 is 5.97 Å². The van der Waals surface area contributed by atoms with Gasteiger partial charge in [-0.3, -0.25) is 4.79 Å². The molecule has 0 radical (unpaired) electrons. The van der Waals surface area contributed by atoms with E-state index in [-0.39, 0.29) is 6.42 Å². The molecule has 0 aliphatic carbocycles. The number of carboxylic acid groups (broad SMARTS) is 1. The summed E-state index contributed by atoms with van der Waals surface area (Å²) in [6, 6.07) is 9.81. The van der Waals surface area contributed by atoms with Gasteiger partial charge < -0.3 is 10.4 Å². The largest absolute Gasteiger partial charge is 0.481 e. The number of benzene rings is 2. The molecule has 0 saturated carbocycles. The highest BCUT2D eigenvalue weighted by molar-refractivity contribution is 9.10. The fourth-order valence-electron chi connectivity index (χ4n) is 1.91. The van der Waals surface area contributed by atoms with Gasteiger partial charge in [-0.15, -0.1) is 0 Å². The molecule has 2 N–H and O–H groups in total. The van der Waals surface area contributed by atoms with Crippen molar-refractivity contribution in [3.8, 4) is 0 Å². The summed E-state index contributed by atoms with van der Waals surface area (Å²) in [5, 5.41) is 12.0. The minimum absolute atomic E-state index is 0.227. The lowest BCUT2D eigenvalue weighted by Gasteiger charge is -2.13. The second kappa shape index (κ2) is 6.05. The average Bonchev–Trinajstić information content (AvgIpc) is 2.34. The minimum atomic E-state index is -0.994. The molecule has 2 aromatic rings. The van der Waals surface area contributed by atoms with Crippen LogP contribution in [-0.4, -0.2) is 11.1 Å². The summed E-state index contributed by atoms with van der Waals surface area (Å²) >= 11 is 3.38. The van der Waals surface area contributed by atoms with Crippen LogP contribution in [0.3, 0.4) is 0 Å². The quantitative estimate of drug-likeness (QED) is 0.875. The highest BCUT2D eigenvalue weighted by atomic mass is 79.9. The Morgan fingerprint density at radius 2 is 1.95 bits per heavy atom. The summed E-state index contributed by atoms with van der Waals surface area (Å²) in [5.41, 5.74) is 2.87. The van der Waals surface area contributed by atoms with E-state index in [9.17, 15) is 9.18 Å². The number of carboxylic acids is 1. The SMILES string of the molecule is Cc1cc(Br)ccc1Nc1ccc(F)cc1CC(=O)O. The third-order valence-corrected chi connectivity index (χ3v) is 3.36. The van der Waals surface area contributed by atoms with E-state index in [4.69, 9.17) is 5.11 Å². The van der Waals surface area contributed by atoms with Crippen LogP contribution in [0.1, 0.15) is 11.1 Å². The number of anilines is 2. The lowest BCUT2D eigenvalue weighted by molar-refractivity contribution is -0.136. The van der Waals surface area contributed by atoms with Gasteiger partial charge in [-0.2, -0.15) is 0 Å². The van der Waals surface area contributed by atoms with E-state index in [1.807, 2.05) is 25.1 Å². The highest BCUT2D eigenvalue weighted by Gasteiger charge is 2.09. The molecule has 0 aromatic heterocycles. The van der Waals surface area contributed by atoms with Crippen LogP contribution in [0.4, 0.5) is 15.8 Å². The Bertz CT molecular complexity index is 658. The summed E-state index contributed by atoms with van der Waals surface area (Å²) in [6.07, 6.45) is -0.227. The highest BCUT2D eigenvalue weighted by Crippen LogP contribution is 2.26. The summed E-state index contributed by atoms with van der Waals surface area (Å²) in [7, 11) is 0. The smallest absolute Gasteiger partial charge is 0.307 e. The van der Waals surface area contributed by atoms with E-state index in [0.717, 1.165) is 15.7 Å². The maximum absolute atomic E-state index is 13.2. The van der Waals surface area contributed by atoms with Crippen molar-refractivity contribution < 1.29 is 14.3 Å². The number of nitrogens with one attached hydrogen (secondary N) is 1. The lowest BCUT2D eigenvalue weighted by Crippen LogP contribution is -2.05. The van der Waals surface area contributed by atoms with Crippen LogP contribution < -0.4 is 5.32 Å². The minimum Gasteiger partial charge on any atom is -0.481 e. The van der Waals surface area contributed by atoms with Gasteiger partial charge in [-0.05, 0) is 54.4 Å². The van der Waals surface area contributed by atoms with Gasteiger partial charge in [-0.1, -0.05) is 15.9 Å². The van der Waals surface area contributed by atoms with E-state index in [1.165, 1.54) is 12.1 Å². The molecule has 2 rings (SSSR count). The molecule has 3 nitrogen and oxygen atoms in total.